The maximum Gasteiger partial charge on any atom is 0.472 e. The van der Waals surface area contributed by atoms with Gasteiger partial charge in [0.2, 0.25) is 5.95 Å². The van der Waals surface area contributed by atoms with Gasteiger partial charge in [-0.2, -0.15) is 4.98 Å². The standard InChI is InChI=1S/C19H25N9O8P2/c20-19-25-17-15(18(29)26-19)23-9-28(17)14-2-1-11(36-14)6-35-38(31,32)34-4-3-27-13(7-33-10-37-30)24-12-5-21-8-22-16(12)27/h5,8-9,11,14,30,37H,1-4,6-7,10H2,(H,31,32)(H3,20,25,26,29)/t11-,14?/m0/s1. The minimum atomic E-state index is -4.40. The smallest absolute Gasteiger partial charge is 0.375 e. The summed E-state index contributed by atoms with van der Waals surface area (Å²) >= 11 is 0. The number of phosphoric ester groups is 1. The van der Waals surface area contributed by atoms with E-state index in [9.17, 15) is 14.3 Å². The molecule has 0 spiro atoms. The van der Waals surface area contributed by atoms with Crippen molar-refractivity contribution in [2.45, 2.75) is 38.3 Å². The van der Waals surface area contributed by atoms with Crippen molar-refractivity contribution >= 4 is 44.9 Å². The fraction of sp³-hybridized carbons (Fsp3) is 0.474. The van der Waals surface area contributed by atoms with Crippen molar-refractivity contribution < 1.29 is 32.9 Å². The highest BCUT2D eigenvalue weighted by Crippen LogP contribution is 2.44. The third-order valence-electron chi connectivity index (χ3n) is 5.73. The third-order valence-corrected chi connectivity index (χ3v) is 7.04. The summed E-state index contributed by atoms with van der Waals surface area (Å²) in [6, 6.07) is 0. The van der Waals surface area contributed by atoms with Crippen molar-refractivity contribution in [2.24, 2.45) is 0 Å². The van der Waals surface area contributed by atoms with E-state index >= 15 is 0 Å². The molecule has 204 valence electrons. The molecule has 0 aromatic carbocycles. The number of nitrogens with zero attached hydrogens (tertiary/aromatic N) is 7. The third kappa shape index (κ3) is 5.90. The molecule has 0 amide bonds. The van der Waals surface area contributed by atoms with Gasteiger partial charge in [-0.25, -0.2) is 24.5 Å². The van der Waals surface area contributed by atoms with Gasteiger partial charge in [-0.15, -0.1) is 0 Å². The lowest BCUT2D eigenvalue weighted by molar-refractivity contribution is -0.0223. The first kappa shape index (κ1) is 26.7. The van der Waals surface area contributed by atoms with Gasteiger partial charge in [0.05, 0.1) is 38.2 Å². The quantitative estimate of drug-likeness (QED) is 0.134. The van der Waals surface area contributed by atoms with Crippen LogP contribution in [0.15, 0.2) is 23.6 Å². The van der Waals surface area contributed by atoms with Gasteiger partial charge in [-0.05, 0) is 12.8 Å². The van der Waals surface area contributed by atoms with E-state index in [1.165, 1.54) is 12.7 Å². The van der Waals surface area contributed by atoms with Crippen LogP contribution in [0, 0.1) is 0 Å². The van der Waals surface area contributed by atoms with Crippen LogP contribution in [0.1, 0.15) is 24.9 Å². The average molecular weight is 569 g/mol. The normalized spacial score (nSPS) is 19.7. The second-order valence-electron chi connectivity index (χ2n) is 8.23. The van der Waals surface area contributed by atoms with Crippen molar-refractivity contribution in [2.75, 3.05) is 25.3 Å². The zero-order valence-electron chi connectivity index (χ0n) is 19.8. The first-order chi connectivity index (χ1) is 18.3. The van der Waals surface area contributed by atoms with E-state index < -0.39 is 25.7 Å². The van der Waals surface area contributed by atoms with Crippen LogP contribution in [0.4, 0.5) is 5.95 Å². The average Bonchev–Trinajstić information content (AvgIpc) is 3.60. The second kappa shape index (κ2) is 11.5. The number of rotatable bonds is 12. The summed E-state index contributed by atoms with van der Waals surface area (Å²) in [5.41, 5.74) is 6.65. The Balaban J connectivity index is 1.15. The van der Waals surface area contributed by atoms with E-state index in [0.717, 1.165) is 0 Å². The number of H-pyrrole nitrogens is 1. The van der Waals surface area contributed by atoms with Crippen molar-refractivity contribution in [3.05, 3.63) is 35.0 Å². The number of nitrogens with one attached hydrogen (secondary N) is 1. The highest BCUT2D eigenvalue weighted by molar-refractivity contribution is 7.47. The summed E-state index contributed by atoms with van der Waals surface area (Å²) in [6.07, 6.45) is 4.59. The molecule has 1 aliphatic heterocycles. The van der Waals surface area contributed by atoms with Gasteiger partial charge in [0.15, 0.2) is 16.8 Å². The molecule has 1 aliphatic rings. The predicted octanol–water partition coefficient (Wildman–Crippen LogP) is 0.413. The molecule has 0 aliphatic carbocycles. The van der Waals surface area contributed by atoms with E-state index in [4.69, 9.17) is 29.1 Å². The van der Waals surface area contributed by atoms with Crippen LogP contribution < -0.4 is 11.3 Å². The molecule has 4 aromatic rings. The van der Waals surface area contributed by atoms with E-state index in [-0.39, 0.29) is 58.6 Å². The summed E-state index contributed by atoms with van der Waals surface area (Å²) in [5.74, 6) is 0.466. The summed E-state index contributed by atoms with van der Waals surface area (Å²) in [5, 5.41) is 0. The first-order valence-corrected chi connectivity index (χ1v) is 14.1. The molecular formula is C19H25N9O8P2. The Kier molecular flexibility index (Phi) is 8.07. The van der Waals surface area contributed by atoms with Crippen molar-refractivity contribution in [1.82, 2.24) is 39.0 Å². The molecule has 5 rings (SSSR count). The number of aromatic nitrogens is 8. The number of hydrogen-bond acceptors (Lipinski definition) is 13. The van der Waals surface area contributed by atoms with Gasteiger partial charge in [-0.1, -0.05) is 0 Å². The number of ether oxygens (including phenoxy) is 2. The number of aromatic amines is 1. The molecule has 0 bridgehead atoms. The highest BCUT2D eigenvalue weighted by atomic mass is 31.2. The molecular weight excluding hydrogens is 544 g/mol. The van der Waals surface area contributed by atoms with Gasteiger partial charge in [0.1, 0.15) is 30.5 Å². The lowest BCUT2D eigenvalue weighted by Crippen LogP contribution is -2.18. The number of fused-ring (bicyclic) bond motifs is 2. The van der Waals surface area contributed by atoms with E-state index in [2.05, 4.69) is 29.9 Å². The second-order valence-corrected chi connectivity index (χ2v) is 10.3. The number of phosphoric acid groups is 1. The SMILES string of the molecule is Nc1nc2c(ncn2C2CC[C@@H](COP(=O)(O)OCCn3c(COCPO)nc4cncnc43)O2)c(=O)[nH]1. The molecule has 38 heavy (non-hydrogen) atoms. The molecule has 1 saturated heterocycles. The van der Waals surface area contributed by atoms with Crippen LogP contribution in [0.3, 0.4) is 0 Å². The lowest BCUT2D eigenvalue weighted by atomic mass is 10.2. The number of nitrogen functional groups attached to an aromatic ring is 1. The molecule has 5 N–H and O–H groups in total. The first-order valence-electron chi connectivity index (χ1n) is 11.4. The predicted molar refractivity (Wildman–Crippen MR) is 133 cm³/mol. The maximum absolute atomic E-state index is 12.5. The summed E-state index contributed by atoms with van der Waals surface area (Å²) in [7, 11) is -4.76. The minimum Gasteiger partial charge on any atom is -0.375 e. The van der Waals surface area contributed by atoms with Gasteiger partial charge in [0, 0.05) is 15.4 Å². The van der Waals surface area contributed by atoms with Crippen LogP contribution in [0.2, 0.25) is 0 Å². The molecule has 0 radical (unpaired) electrons. The highest BCUT2D eigenvalue weighted by Gasteiger charge is 2.31. The molecule has 17 nitrogen and oxygen atoms in total. The van der Waals surface area contributed by atoms with E-state index in [0.29, 0.717) is 29.8 Å². The summed E-state index contributed by atoms with van der Waals surface area (Å²) in [6.45, 7) is -0.100. The maximum atomic E-state index is 12.5. The number of nitrogens with two attached hydrogens (primary N) is 1. The minimum absolute atomic E-state index is 0.0400. The molecule has 19 heteroatoms. The van der Waals surface area contributed by atoms with Crippen LogP contribution in [0.5, 0.6) is 0 Å². The van der Waals surface area contributed by atoms with Crippen LogP contribution in [-0.2, 0) is 36.2 Å². The molecule has 0 saturated carbocycles. The number of imidazole rings is 2. The monoisotopic (exact) mass is 569 g/mol. The summed E-state index contributed by atoms with van der Waals surface area (Å²) in [4.78, 5) is 54.3. The van der Waals surface area contributed by atoms with Crippen molar-refractivity contribution in [3.63, 3.8) is 0 Å². The molecule has 3 unspecified atom stereocenters. The Bertz CT molecular complexity index is 1530. The van der Waals surface area contributed by atoms with Crippen LogP contribution in [0.25, 0.3) is 22.3 Å². The molecule has 4 aromatic heterocycles. The van der Waals surface area contributed by atoms with E-state index in [1.54, 1.807) is 15.3 Å². The summed E-state index contributed by atoms with van der Waals surface area (Å²) < 4.78 is 37.4. The zero-order valence-corrected chi connectivity index (χ0v) is 21.7. The topological polar surface area (TPSA) is 228 Å². The Morgan fingerprint density at radius 3 is 2.97 bits per heavy atom. The van der Waals surface area contributed by atoms with Gasteiger partial charge >= 0.3 is 7.82 Å². The Hall–Kier alpha value is -2.88. The molecule has 1 fully saturated rings. The fourth-order valence-corrected chi connectivity index (χ4v) is 5.02. The van der Waals surface area contributed by atoms with E-state index in [1.807, 2.05) is 0 Å². The van der Waals surface area contributed by atoms with Gasteiger partial charge in [-0.3, -0.25) is 23.4 Å². The fourth-order valence-electron chi connectivity index (χ4n) is 4.09. The van der Waals surface area contributed by atoms with Crippen molar-refractivity contribution in [3.8, 4) is 0 Å². The number of anilines is 1. The lowest BCUT2D eigenvalue weighted by Gasteiger charge is -2.17. The van der Waals surface area contributed by atoms with Gasteiger partial charge in [0.25, 0.3) is 5.56 Å². The Morgan fingerprint density at radius 1 is 1.26 bits per heavy atom. The van der Waals surface area contributed by atoms with Gasteiger partial charge < -0.3 is 29.6 Å². The van der Waals surface area contributed by atoms with Crippen LogP contribution in [-0.4, -0.2) is 74.5 Å². The van der Waals surface area contributed by atoms with Crippen molar-refractivity contribution in [1.29, 1.82) is 0 Å². The zero-order chi connectivity index (χ0) is 26.7. The van der Waals surface area contributed by atoms with Crippen LogP contribution >= 0.6 is 16.6 Å². The molecule has 5 heterocycles. The Labute approximate surface area is 215 Å². The largest absolute Gasteiger partial charge is 0.472 e. The molecule has 4 atom stereocenters. The number of hydrogen-bond donors (Lipinski definition) is 4. The Morgan fingerprint density at radius 2 is 2.13 bits per heavy atom.